The van der Waals surface area contributed by atoms with Gasteiger partial charge in [-0.05, 0) is 44.9 Å². The average Bonchev–Trinajstić information content (AvgIpc) is 3.16. The van der Waals surface area contributed by atoms with Crippen LogP contribution in [0.25, 0.3) is 0 Å². The molecule has 0 saturated heterocycles. The molecule has 0 radical (unpaired) electrons. The van der Waals surface area contributed by atoms with Gasteiger partial charge in [-0.1, -0.05) is 0 Å². The van der Waals surface area contributed by atoms with Crippen LogP contribution < -0.4 is 16.0 Å². The highest BCUT2D eigenvalue weighted by Gasteiger charge is 2.25. The standard InChI is InChI=1S/C14H21N3O/c1-3-17(4-2)13-8-5-10(15)9-12(13)14(18)16-11-6-7-11/h5,8-9,11H,3-4,6-7,15H2,1-2H3,(H,16,18). The zero-order valence-corrected chi connectivity index (χ0v) is 11.1. The molecule has 0 aliphatic heterocycles. The maximum absolute atomic E-state index is 12.2. The first kappa shape index (κ1) is 12.7. The Labute approximate surface area is 108 Å². The minimum atomic E-state index is -0.00769. The smallest absolute Gasteiger partial charge is 0.253 e. The molecule has 1 amide bonds. The summed E-state index contributed by atoms with van der Waals surface area (Å²) in [6, 6.07) is 5.92. The molecule has 0 spiro atoms. The van der Waals surface area contributed by atoms with E-state index in [9.17, 15) is 4.79 Å². The molecule has 0 atom stereocenters. The van der Waals surface area contributed by atoms with Crippen molar-refractivity contribution < 1.29 is 4.79 Å². The summed E-state index contributed by atoms with van der Waals surface area (Å²) in [5.41, 5.74) is 8.08. The Kier molecular flexibility index (Phi) is 3.75. The minimum absolute atomic E-state index is 0.00769. The second kappa shape index (κ2) is 5.29. The molecule has 1 aliphatic carbocycles. The summed E-state index contributed by atoms with van der Waals surface area (Å²) in [4.78, 5) is 14.4. The Morgan fingerprint density at radius 2 is 2.06 bits per heavy atom. The Morgan fingerprint density at radius 1 is 1.39 bits per heavy atom. The zero-order valence-electron chi connectivity index (χ0n) is 11.1. The fourth-order valence-corrected chi connectivity index (χ4v) is 2.07. The van der Waals surface area contributed by atoms with Crippen molar-refractivity contribution in [3.63, 3.8) is 0 Å². The molecule has 3 N–H and O–H groups in total. The van der Waals surface area contributed by atoms with Crippen LogP contribution in [0.2, 0.25) is 0 Å². The van der Waals surface area contributed by atoms with Gasteiger partial charge in [0.1, 0.15) is 0 Å². The summed E-state index contributed by atoms with van der Waals surface area (Å²) in [7, 11) is 0. The normalized spacial score (nSPS) is 14.3. The first-order valence-electron chi connectivity index (χ1n) is 6.61. The van der Waals surface area contributed by atoms with Crippen LogP contribution in [0.15, 0.2) is 18.2 Å². The molecule has 98 valence electrons. The van der Waals surface area contributed by atoms with Gasteiger partial charge in [0, 0.05) is 30.5 Å². The van der Waals surface area contributed by atoms with E-state index in [1.165, 1.54) is 0 Å². The van der Waals surface area contributed by atoms with Gasteiger partial charge < -0.3 is 16.0 Å². The van der Waals surface area contributed by atoms with E-state index in [-0.39, 0.29) is 5.91 Å². The number of benzene rings is 1. The molecule has 4 heteroatoms. The van der Waals surface area contributed by atoms with E-state index in [0.717, 1.165) is 31.6 Å². The fraction of sp³-hybridized carbons (Fsp3) is 0.500. The van der Waals surface area contributed by atoms with Crippen LogP contribution in [0, 0.1) is 0 Å². The van der Waals surface area contributed by atoms with Crippen LogP contribution >= 0.6 is 0 Å². The summed E-state index contributed by atoms with van der Waals surface area (Å²) in [6.07, 6.45) is 2.18. The van der Waals surface area contributed by atoms with Gasteiger partial charge in [0.2, 0.25) is 0 Å². The highest BCUT2D eigenvalue weighted by Crippen LogP contribution is 2.25. The molecule has 0 unspecified atom stereocenters. The van der Waals surface area contributed by atoms with Gasteiger partial charge in [-0.3, -0.25) is 4.79 Å². The van der Waals surface area contributed by atoms with Crippen LogP contribution in [-0.4, -0.2) is 25.0 Å². The first-order chi connectivity index (χ1) is 8.65. The van der Waals surface area contributed by atoms with Crippen LogP contribution in [-0.2, 0) is 0 Å². The predicted octanol–water partition coefficient (Wildman–Crippen LogP) is 2.01. The van der Waals surface area contributed by atoms with Crippen molar-refractivity contribution in [2.45, 2.75) is 32.7 Å². The van der Waals surface area contributed by atoms with Crippen LogP contribution in [0.3, 0.4) is 0 Å². The van der Waals surface area contributed by atoms with Gasteiger partial charge in [-0.2, -0.15) is 0 Å². The molecular formula is C14H21N3O. The number of nitrogens with zero attached hydrogens (tertiary/aromatic N) is 1. The van der Waals surface area contributed by atoms with Gasteiger partial charge in [-0.25, -0.2) is 0 Å². The number of anilines is 2. The van der Waals surface area contributed by atoms with Crippen molar-refractivity contribution in [2.75, 3.05) is 23.7 Å². The topological polar surface area (TPSA) is 58.4 Å². The molecule has 0 bridgehead atoms. The third kappa shape index (κ3) is 2.75. The number of nitrogen functional groups attached to an aromatic ring is 1. The van der Waals surface area contributed by atoms with Crippen molar-refractivity contribution in [3.05, 3.63) is 23.8 Å². The molecule has 18 heavy (non-hydrogen) atoms. The highest BCUT2D eigenvalue weighted by atomic mass is 16.1. The molecule has 2 rings (SSSR count). The Bertz CT molecular complexity index is 437. The molecule has 1 aliphatic rings. The van der Waals surface area contributed by atoms with E-state index >= 15 is 0 Å². The van der Waals surface area contributed by atoms with Crippen LogP contribution in [0.5, 0.6) is 0 Å². The number of nitrogens with one attached hydrogen (secondary N) is 1. The summed E-state index contributed by atoms with van der Waals surface area (Å²) in [5.74, 6) is -0.00769. The van der Waals surface area contributed by atoms with Crippen molar-refractivity contribution >= 4 is 17.3 Å². The zero-order chi connectivity index (χ0) is 13.1. The van der Waals surface area contributed by atoms with Crippen molar-refractivity contribution in [3.8, 4) is 0 Å². The molecule has 1 aromatic rings. The number of nitrogens with two attached hydrogens (primary N) is 1. The maximum atomic E-state index is 12.2. The van der Waals surface area contributed by atoms with E-state index < -0.39 is 0 Å². The van der Waals surface area contributed by atoms with Gasteiger partial charge in [0.25, 0.3) is 5.91 Å². The summed E-state index contributed by atoms with van der Waals surface area (Å²) >= 11 is 0. The molecule has 4 nitrogen and oxygen atoms in total. The summed E-state index contributed by atoms with van der Waals surface area (Å²) in [6.45, 7) is 5.93. The molecule has 1 saturated carbocycles. The number of rotatable bonds is 5. The van der Waals surface area contributed by atoms with Gasteiger partial charge >= 0.3 is 0 Å². The number of hydrogen-bond acceptors (Lipinski definition) is 3. The monoisotopic (exact) mass is 247 g/mol. The van der Waals surface area contributed by atoms with E-state index in [1.807, 2.05) is 12.1 Å². The summed E-state index contributed by atoms with van der Waals surface area (Å²) < 4.78 is 0. The van der Waals surface area contributed by atoms with E-state index in [4.69, 9.17) is 5.73 Å². The Morgan fingerprint density at radius 3 is 2.61 bits per heavy atom. The molecule has 1 fully saturated rings. The fourth-order valence-electron chi connectivity index (χ4n) is 2.07. The summed E-state index contributed by atoms with van der Waals surface area (Å²) in [5, 5.41) is 3.02. The number of hydrogen-bond donors (Lipinski definition) is 2. The van der Waals surface area contributed by atoms with Crippen molar-refractivity contribution in [1.82, 2.24) is 5.32 Å². The molecule has 0 aromatic heterocycles. The minimum Gasteiger partial charge on any atom is -0.399 e. The average molecular weight is 247 g/mol. The van der Waals surface area contributed by atoms with E-state index in [0.29, 0.717) is 17.3 Å². The van der Waals surface area contributed by atoms with E-state index in [1.54, 1.807) is 6.07 Å². The Hall–Kier alpha value is -1.71. The second-order valence-electron chi connectivity index (χ2n) is 4.70. The van der Waals surface area contributed by atoms with Crippen molar-refractivity contribution in [1.29, 1.82) is 0 Å². The molecule has 1 aromatic carbocycles. The quantitative estimate of drug-likeness (QED) is 0.782. The molecule has 0 heterocycles. The third-order valence-corrected chi connectivity index (χ3v) is 3.28. The lowest BCUT2D eigenvalue weighted by atomic mass is 10.1. The lowest BCUT2D eigenvalue weighted by molar-refractivity contribution is 0.0951. The predicted molar refractivity (Wildman–Crippen MR) is 74.9 cm³/mol. The van der Waals surface area contributed by atoms with Crippen molar-refractivity contribution in [2.24, 2.45) is 0 Å². The van der Waals surface area contributed by atoms with Crippen LogP contribution in [0.1, 0.15) is 37.0 Å². The van der Waals surface area contributed by atoms with Gasteiger partial charge in [0.05, 0.1) is 5.56 Å². The van der Waals surface area contributed by atoms with Gasteiger partial charge in [0.15, 0.2) is 0 Å². The number of amides is 1. The van der Waals surface area contributed by atoms with Crippen LogP contribution in [0.4, 0.5) is 11.4 Å². The Balaban J connectivity index is 2.29. The lowest BCUT2D eigenvalue weighted by Gasteiger charge is -2.24. The second-order valence-corrected chi connectivity index (χ2v) is 4.70. The molecular weight excluding hydrogens is 226 g/mol. The highest BCUT2D eigenvalue weighted by molar-refractivity contribution is 6.01. The lowest BCUT2D eigenvalue weighted by Crippen LogP contribution is -2.30. The first-order valence-corrected chi connectivity index (χ1v) is 6.61. The SMILES string of the molecule is CCN(CC)c1ccc(N)cc1C(=O)NC1CC1. The number of carbonyl (C=O) groups excluding carboxylic acids is 1. The number of carbonyl (C=O) groups is 1. The largest absolute Gasteiger partial charge is 0.399 e. The van der Waals surface area contributed by atoms with E-state index in [2.05, 4.69) is 24.1 Å². The maximum Gasteiger partial charge on any atom is 0.253 e. The third-order valence-electron chi connectivity index (χ3n) is 3.28. The van der Waals surface area contributed by atoms with Gasteiger partial charge in [-0.15, -0.1) is 0 Å².